The molecule has 35 heavy (non-hydrogen) atoms. The molecule has 0 spiro atoms. The average Bonchev–Trinajstić information content (AvgIpc) is 2.87. The largest absolute Gasteiger partial charge is 0.618 e. The fourth-order valence-corrected chi connectivity index (χ4v) is 3.49. The minimum atomic E-state index is 0.383. The number of rotatable bonds is 14. The molecule has 0 fully saturated rings. The van der Waals surface area contributed by atoms with E-state index in [0.717, 1.165) is 20.2 Å². The zero-order valence-corrected chi connectivity index (χ0v) is 19.3. The minimum Gasteiger partial charge on any atom is -0.618 e. The molecule has 9 nitrogen and oxygen atoms in total. The Morgan fingerprint density at radius 1 is 0.514 bits per heavy atom. The topological polar surface area (TPSA) is 100 Å². The van der Waals surface area contributed by atoms with Crippen LogP contribution in [0.5, 0.6) is 11.5 Å². The summed E-state index contributed by atoms with van der Waals surface area (Å²) in [5.41, 5.74) is 1.17. The van der Waals surface area contributed by atoms with Crippen LogP contribution in [-0.4, -0.2) is 52.9 Å². The normalized spacial score (nSPS) is 11.2. The van der Waals surface area contributed by atoms with E-state index in [2.05, 4.69) is 0 Å². The second kappa shape index (κ2) is 12.7. The maximum atomic E-state index is 11.8. The summed E-state index contributed by atoms with van der Waals surface area (Å²) in [4.78, 5) is 0. The molecule has 0 amide bonds. The van der Waals surface area contributed by atoms with E-state index in [1.807, 2.05) is 30.3 Å². The number of ether oxygens (including phenoxy) is 5. The van der Waals surface area contributed by atoms with Gasteiger partial charge in [0.05, 0.1) is 51.1 Å². The van der Waals surface area contributed by atoms with Gasteiger partial charge in [-0.25, -0.2) is 0 Å². The maximum absolute atomic E-state index is 11.8. The summed E-state index contributed by atoms with van der Waals surface area (Å²) in [6, 6.07) is 17.9. The van der Waals surface area contributed by atoms with Gasteiger partial charge in [-0.1, -0.05) is 0 Å². The summed E-state index contributed by atoms with van der Waals surface area (Å²) in [7, 11) is 0. The zero-order valence-electron chi connectivity index (χ0n) is 19.3. The number of pyridine rings is 2. The number of benzene rings is 2. The van der Waals surface area contributed by atoms with Crippen LogP contribution in [0.2, 0.25) is 0 Å². The molecule has 0 atom stereocenters. The molecule has 0 radical (unpaired) electrons. The van der Waals surface area contributed by atoms with E-state index >= 15 is 0 Å². The number of aromatic nitrogens is 2. The Bertz CT molecular complexity index is 1230. The molecule has 0 aliphatic rings. The van der Waals surface area contributed by atoms with Gasteiger partial charge in [0, 0.05) is 23.6 Å². The van der Waals surface area contributed by atoms with E-state index in [4.69, 9.17) is 23.7 Å². The summed E-state index contributed by atoms with van der Waals surface area (Å²) in [5.74, 6) is 1.32. The Morgan fingerprint density at radius 3 is 1.69 bits per heavy atom. The molecule has 4 rings (SSSR count). The van der Waals surface area contributed by atoms with E-state index < -0.39 is 0 Å². The molecule has 184 valence electrons. The molecule has 9 heteroatoms. The van der Waals surface area contributed by atoms with Gasteiger partial charge in [0.2, 0.25) is 11.0 Å². The number of fused-ring (bicyclic) bond motifs is 2. The molecule has 0 unspecified atom stereocenters. The van der Waals surface area contributed by atoms with Crippen molar-refractivity contribution in [2.24, 2.45) is 0 Å². The SMILES string of the molecule is [O-][n+]1cccc2cc(OCCOCCOCCOCCOc3ccc4ccc[n+]([O-])c4c3)ccc21. The maximum Gasteiger partial charge on any atom is 0.227 e. The number of hydrogen-bond donors (Lipinski definition) is 0. The fraction of sp³-hybridized carbons (Fsp3) is 0.308. The van der Waals surface area contributed by atoms with Crippen LogP contribution in [0, 0.1) is 10.4 Å². The third-order valence-corrected chi connectivity index (χ3v) is 5.21. The molecule has 0 bridgehead atoms. The van der Waals surface area contributed by atoms with Crippen molar-refractivity contribution in [3.63, 3.8) is 0 Å². The Hall–Kier alpha value is -3.66. The molecule has 0 saturated heterocycles. The second-order valence-corrected chi connectivity index (χ2v) is 7.64. The predicted octanol–water partition coefficient (Wildman–Crippen LogP) is 2.77. The molecule has 4 aromatic rings. The smallest absolute Gasteiger partial charge is 0.227 e. The highest BCUT2D eigenvalue weighted by molar-refractivity contribution is 5.77. The molecular formula is C26H28N2O7. The van der Waals surface area contributed by atoms with Crippen LogP contribution in [0.3, 0.4) is 0 Å². The van der Waals surface area contributed by atoms with E-state index in [1.165, 1.54) is 12.4 Å². The van der Waals surface area contributed by atoms with Crippen LogP contribution in [0.25, 0.3) is 21.8 Å². The molecule has 0 N–H and O–H groups in total. The van der Waals surface area contributed by atoms with Crippen LogP contribution < -0.4 is 18.9 Å². The standard InChI is InChI=1S/C26H28N2O7/c29-27-9-2-4-22-19-23(7-8-25(22)27)34-17-15-32-13-11-31-12-14-33-16-18-35-24-6-5-21-3-1-10-28(30)26(21)20-24/h1-10,19-20H,11-18H2. The van der Waals surface area contributed by atoms with Crippen LogP contribution >= 0.6 is 0 Å². The van der Waals surface area contributed by atoms with Gasteiger partial charge in [-0.3, -0.25) is 0 Å². The lowest BCUT2D eigenvalue weighted by molar-refractivity contribution is -0.577. The highest BCUT2D eigenvalue weighted by Gasteiger charge is 2.06. The molecule has 0 aliphatic carbocycles. The van der Waals surface area contributed by atoms with Crippen molar-refractivity contribution in [3.8, 4) is 11.5 Å². The highest BCUT2D eigenvalue weighted by atomic mass is 16.6. The first-order chi connectivity index (χ1) is 17.2. The molecular weight excluding hydrogens is 452 g/mol. The third kappa shape index (κ3) is 7.16. The summed E-state index contributed by atoms with van der Waals surface area (Å²) in [6.45, 7) is 3.49. The van der Waals surface area contributed by atoms with Crippen LogP contribution in [-0.2, 0) is 14.2 Å². The molecule has 2 aromatic heterocycles. The fourth-order valence-electron chi connectivity index (χ4n) is 3.49. The van der Waals surface area contributed by atoms with Gasteiger partial charge in [-0.05, 0) is 36.4 Å². The monoisotopic (exact) mass is 480 g/mol. The van der Waals surface area contributed by atoms with Crippen LogP contribution in [0.1, 0.15) is 0 Å². The van der Waals surface area contributed by atoms with Gasteiger partial charge < -0.3 is 34.1 Å². The Morgan fingerprint density at radius 2 is 1.03 bits per heavy atom. The van der Waals surface area contributed by atoms with E-state index in [1.54, 1.807) is 30.3 Å². The summed E-state index contributed by atoms with van der Waals surface area (Å²) < 4.78 is 29.5. The first kappa shape index (κ1) is 24.5. The lowest BCUT2D eigenvalue weighted by atomic mass is 10.2. The van der Waals surface area contributed by atoms with E-state index in [9.17, 15) is 10.4 Å². The van der Waals surface area contributed by atoms with Crippen molar-refractivity contribution in [1.29, 1.82) is 0 Å². The van der Waals surface area contributed by atoms with Crippen LogP contribution in [0.15, 0.2) is 73.1 Å². The Labute approximate surface area is 203 Å². The summed E-state index contributed by atoms with van der Waals surface area (Å²) >= 11 is 0. The van der Waals surface area contributed by atoms with Gasteiger partial charge in [0.15, 0.2) is 12.4 Å². The average molecular weight is 481 g/mol. The first-order valence-corrected chi connectivity index (χ1v) is 11.4. The van der Waals surface area contributed by atoms with Crippen molar-refractivity contribution >= 4 is 21.8 Å². The predicted molar refractivity (Wildman–Crippen MR) is 129 cm³/mol. The Kier molecular flexibility index (Phi) is 8.88. The van der Waals surface area contributed by atoms with Gasteiger partial charge in [-0.15, -0.1) is 0 Å². The zero-order chi connectivity index (χ0) is 24.3. The van der Waals surface area contributed by atoms with Crippen LogP contribution in [0.4, 0.5) is 0 Å². The highest BCUT2D eigenvalue weighted by Crippen LogP contribution is 2.18. The summed E-state index contributed by atoms with van der Waals surface area (Å²) in [5, 5.41) is 25.2. The summed E-state index contributed by atoms with van der Waals surface area (Å²) in [6.07, 6.45) is 2.93. The first-order valence-electron chi connectivity index (χ1n) is 11.4. The molecule has 2 aromatic carbocycles. The van der Waals surface area contributed by atoms with E-state index in [0.29, 0.717) is 75.4 Å². The van der Waals surface area contributed by atoms with Crippen molar-refractivity contribution in [2.75, 3.05) is 52.9 Å². The third-order valence-electron chi connectivity index (χ3n) is 5.21. The minimum absolute atomic E-state index is 0.383. The van der Waals surface area contributed by atoms with Crippen molar-refractivity contribution in [3.05, 3.63) is 83.5 Å². The van der Waals surface area contributed by atoms with Gasteiger partial charge >= 0.3 is 0 Å². The number of hydrogen-bond acceptors (Lipinski definition) is 7. The lowest BCUT2D eigenvalue weighted by Crippen LogP contribution is -2.25. The molecule has 0 saturated carbocycles. The quantitative estimate of drug-likeness (QED) is 0.155. The second-order valence-electron chi connectivity index (χ2n) is 7.64. The van der Waals surface area contributed by atoms with Gasteiger partial charge in [0.1, 0.15) is 24.7 Å². The lowest BCUT2D eigenvalue weighted by Gasteiger charge is -2.09. The van der Waals surface area contributed by atoms with Gasteiger partial charge in [0.25, 0.3) is 0 Å². The molecule has 0 aliphatic heterocycles. The van der Waals surface area contributed by atoms with Crippen molar-refractivity contribution < 1.29 is 33.1 Å². The van der Waals surface area contributed by atoms with E-state index in [-0.39, 0.29) is 0 Å². The van der Waals surface area contributed by atoms with Crippen molar-refractivity contribution in [2.45, 2.75) is 0 Å². The Balaban J connectivity index is 0.988. The van der Waals surface area contributed by atoms with Gasteiger partial charge in [-0.2, -0.15) is 9.46 Å². The van der Waals surface area contributed by atoms with Crippen molar-refractivity contribution in [1.82, 2.24) is 0 Å². The molecule has 2 heterocycles. The number of nitrogens with zero attached hydrogens (tertiary/aromatic N) is 2.